The number of rotatable bonds is 5. The number of hydrogen-bond donors (Lipinski definition) is 2. The maximum atomic E-state index is 12.6. The predicted molar refractivity (Wildman–Crippen MR) is 96.4 cm³/mol. The van der Waals surface area contributed by atoms with E-state index in [1.54, 1.807) is 42.3 Å². The van der Waals surface area contributed by atoms with Gasteiger partial charge in [-0.3, -0.25) is 15.5 Å². The molecule has 0 bridgehead atoms. The molecule has 1 aliphatic rings. The van der Waals surface area contributed by atoms with E-state index in [1.165, 1.54) is 0 Å². The fraction of sp³-hybridized carbons (Fsp3) is 0.235. The number of halogens is 2. The summed E-state index contributed by atoms with van der Waals surface area (Å²) in [6.07, 6.45) is 0.626. The minimum absolute atomic E-state index is 0.192. The molecular formula is C17H16Cl2N2O4. The van der Waals surface area contributed by atoms with Gasteiger partial charge in [0.05, 0.1) is 23.5 Å². The molecule has 8 heteroatoms. The van der Waals surface area contributed by atoms with E-state index in [0.717, 1.165) is 5.56 Å². The molecular weight excluding hydrogens is 367 g/mol. The number of anilines is 2. The minimum Gasteiger partial charge on any atom is -0.496 e. The third-order valence-electron chi connectivity index (χ3n) is 3.98. The average molecular weight is 383 g/mol. The van der Waals surface area contributed by atoms with Gasteiger partial charge in [-0.1, -0.05) is 23.2 Å². The van der Waals surface area contributed by atoms with Gasteiger partial charge >= 0.3 is 0 Å². The van der Waals surface area contributed by atoms with Crippen LogP contribution in [0.1, 0.15) is 5.56 Å². The van der Waals surface area contributed by atoms with Crippen LogP contribution >= 0.6 is 23.2 Å². The van der Waals surface area contributed by atoms with Gasteiger partial charge in [0.15, 0.2) is 6.61 Å². The van der Waals surface area contributed by atoms with Crippen molar-refractivity contribution in [2.75, 3.05) is 30.6 Å². The largest absolute Gasteiger partial charge is 0.496 e. The summed E-state index contributed by atoms with van der Waals surface area (Å²) >= 11 is 11.9. The van der Waals surface area contributed by atoms with Gasteiger partial charge in [0, 0.05) is 17.1 Å². The van der Waals surface area contributed by atoms with E-state index in [9.17, 15) is 10.0 Å². The summed E-state index contributed by atoms with van der Waals surface area (Å²) in [6.45, 7) is 0.282. The Morgan fingerprint density at radius 2 is 2.04 bits per heavy atom. The van der Waals surface area contributed by atoms with Crippen LogP contribution in [0.15, 0.2) is 30.3 Å². The van der Waals surface area contributed by atoms with Crippen molar-refractivity contribution in [2.24, 2.45) is 0 Å². The van der Waals surface area contributed by atoms with Crippen LogP contribution in [0.3, 0.4) is 0 Å². The number of amides is 1. The van der Waals surface area contributed by atoms with Crippen molar-refractivity contribution in [1.29, 1.82) is 0 Å². The lowest BCUT2D eigenvalue weighted by molar-refractivity contribution is -0.120. The number of nitrogens with zero attached hydrogens (tertiary/aromatic N) is 1. The van der Waals surface area contributed by atoms with Crippen LogP contribution in [0.2, 0.25) is 10.0 Å². The molecule has 0 saturated carbocycles. The Bertz CT molecular complexity index is 813. The lowest BCUT2D eigenvalue weighted by Crippen LogP contribution is -2.33. The van der Waals surface area contributed by atoms with E-state index < -0.39 is 0 Å². The zero-order valence-electron chi connectivity index (χ0n) is 13.4. The normalized spacial score (nSPS) is 12.7. The number of hydrogen-bond acceptors (Lipinski definition) is 5. The number of ether oxygens (including phenoxy) is 2. The molecule has 0 aliphatic carbocycles. The van der Waals surface area contributed by atoms with E-state index in [0.29, 0.717) is 45.9 Å². The number of nitrogens with one attached hydrogen (secondary N) is 1. The van der Waals surface area contributed by atoms with Crippen LogP contribution in [-0.4, -0.2) is 31.4 Å². The number of fused-ring (bicyclic) bond motifs is 1. The fourth-order valence-electron chi connectivity index (χ4n) is 2.84. The van der Waals surface area contributed by atoms with Crippen molar-refractivity contribution >= 4 is 40.5 Å². The van der Waals surface area contributed by atoms with E-state index in [2.05, 4.69) is 5.48 Å². The molecule has 2 aromatic rings. The first-order chi connectivity index (χ1) is 12.0. The molecule has 0 fully saturated rings. The molecule has 6 nitrogen and oxygen atoms in total. The zero-order chi connectivity index (χ0) is 18.0. The van der Waals surface area contributed by atoms with Gasteiger partial charge in [-0.2, -0.15) is 0 Å². The van der Waals surface area contributed by atoms with Crippen LogP contribution in [0.4, 0.5) is 11.4 Å². The second kappa shape index (κ2) is 7.39. The molecule has 3 rings (SSSR count). The smallest absolute Gasteiger partial charge is 0.264 e. The zero-order valence-corrected chi connectivity index (χ0v) is 14.9. The molecule has 0 atom stereocenters. The first-order valence-corrected chi connectivity index (χ1v) is 8.29. The summed E-state index contributed by atoms with van der Waals surface area (Å²) in [4.78, 5) is 14.2. The molecule has 2 aromatic carbocycles. The summed E-state index contributed by atoms with van der Waals surface area (Å²) < 4.78 is 10.8. The van der Waals surface area contributed by atoms with Crippen molar-refractivity contribution < 1.29 is 19.5 Å². The van der Waals surface area contributed by atoms with Crippen LogP contribution < -0.4 is 19.9 Å². The Labute approximate surface area is 154 Å². The standard InChI is InChI=1S/C17H16Cl2N2O4/c1-24-14-5-3-13(20-23)17-11(14)6-7-21(17)16(22)9-25-15-4-2-10(18)8-12(15)19/h2-5,8,20,23H,6-7,9H2,1H3. The minimum atomic E-state index is -0.255. The molecule has 0 spiro atoms. The number of benzene rings is 2. The van der Waals surface area contributed by atoms with E-state index in [1.807, 2.05) is 0 Å². The molecule has 1 heterocycles. The molecule has 1 aliphatic heterocycles. The maximum absolute atomic E-state index is 12.6. The molecule has 0 saturated heterocycles. The fourth-order valence-corrected chi connectivity index (χ4v) is 3.31. The van der Waals surface area contributed by atoms with Gasteiger partial charge in [-0.25, -0.2) is 0 Å². The molecule has 2 N–H and O–H groups in total. The first-order valence-electron chi connectivity index (χ1n) is 7.53. The number of methoxy groups -OCH3 is 1. The summed E-state index contributed by atoms with van der Waals surface area (Å²) in [5, 5.41) is 10.2. The van der Waals surface area contributed by atoms with Gasteiger partial charge in [-0.15, -0.1) is 0 Å². The van der Waals surface area contributed by atoms with Crippen LogP contribution in [0, 0.1) is 0 Å². The molecule has 0 unspecified atom stereocenters. The van der Waals surface area contributed by atoms with Crippen LogP contribution in [0.5, 0.6) is 11.5 Å². The lowest BCUT2D eigenvalue weighted by Gasteiger charge is -2.21. The van der Waals surface area contributed by atoms with Crippen molar-refractivity contribution in [1.82, 2.24) is 0 Å². The molecule has 0 radical (unpaired) electrons. The molecule has 0 aromatic heterocycles. The van der Waals surface area contributed by atoms with Gasteiger partial charge in [0.1, 0.15) is 11.5 Å². The Balaban J connectivity index is 1.79. The van der Waals surface area contributed by atoms with Crippen molar-refractivity contribution in [3.8, 4) is 11.5 Å². The summed E-state index contributed by atoms with van der Waals surface area (Å²) in [5.41, 5.74) is 4.02. The van der Waals surface area contributed by atoms with Gasteiger partial charge < -0.3 is 14.4 Å². The van der Waals surface area contributed by atoms with Crippen molar-refractivity contribution in [3.05, 3.63) is 45.9 Å². The third-order valence-corrected chi connectivity index (χ3v) is 4.51. The van der Waals surface area contributed by atoms with E-state index in [-0.39, 0.29) is 12.5 Å². The molecule has 25 heavy (non-hydrogen) atoms. The van der Waals surface area contributed by atoms with E-state index in [4.69, 9.17) is 32.7 Å². The second-order valence-corrected chi connectivity index (χ2v) is 6.26. The summed E-state index contributed by atoms with van der Waals surface area (Å²) in [5.74, 6) is 0.797. The SMILES string of the molecule is COc1ccc(NO)c2c1CCN2C(=O)COc1ccc(Cl)cc1Cl. The van der Waals surface area contributed by atoms with Gasteiger partial charge in [0.25, 0.3) is 5.91 Å². The topological polar surface area (TPSA) is 71.0 Å². The second-order valence-electron chi connectivity index (χ2n) is 5.41. The Hall–Kier alpha value is -2.15. The summed E-state index contributed by atoms with van der Waals surface area (Å²) in [6, 6.07) is 8.19. The Morgan fingerprint density at radius 1 is 1.28 bits per heavy atom. The van der Waals surface area contributed by atoms with Gasteiger partial charge in [0.2, 0.25) is 0 Å². The molecule has 1 amide bonds. The summed E-state index contributed by atoms with van der Waals surface area (Å²) in [7, 11) is 1.57. The first kappa shape index (κ1) is 17.7. The molecule has 132 valence electrons. The highest BCUT2D eigenvalue weighted by Crippen LogP contribution is 2.41. The Kier molecular flexibility index (Phi) is 5.22. The lowest BCUT2D eigenvalue weighted by atomic mass is 10.1. The quantitative estimate of drug-likeness (QED) is 0.770. The third kappa shape index (κ3) is 3.46. The monoisotopic (exact) mass is 382 g/mol. The van der Waals surface area contributed by atoms with Gasteiger partial charge in [-0.05, 0) is 36.8 Å². The highest BCUT2D eigenvalue weighted by molar-refractivity contribution is 6.35. The highest BCUT2D eigenvalue weighted by atomic mass is 35.5. The Morgan fingerprint density at radius 3 is 2.72 bits per heavy atom. The van der Waals surface area contributed by atoms with Crippen molar-refractivity contribution in [2.45, 2.75) is 6.42 Å². The number of carbonyl (C=O) groups is 1. The highest BCUT2D eigenvalue weighted by Gasteiger charge is 2.30. The van der Waals surface area contributed by atoms with Crippen LogP contribution in [0.25, 0.3) is 0 Å². The van der Waals surface area contributed by atoms with Crippen LogP contribution in [-0.2, 0) is 11.2 Å². The maximum Gasteiger partial charge on any atom is 0.264 e. The predicted octanol–water partition coefficient (Wildman–Crippen LogP) is 3.77. The number of carbonyl (C=O) groups excluding carboxylic acids is 1. The average Bonchev–Trinajstić information content (AvgIpc) is 3.05. The van der Waals surface area contributed by atoms with E-state index >= 15 is 0 Å². The van der Waals surface area contributed by atoms with Crippen molar-refractivity contribution in [3.63, 3.8) is 0 Å².